The zero-order valence-electron chi connectivity index (χ0n) is 15.7. The van der Waals surface area contributed by atoms with Crippen LogP contribution in [0.3, 0.4) is 0 Å². The number of amides is 1. The van der Waals surface area contributed by atoms with Gasteiger partial charge in [-0.3, -0.25) is 4.79 Å². The van der Waals surface area contributed by atoms with E-state index >= 15 is 0 Å². The van der Waals surface area contributed by atoms with Crippen LogP contribution in [0, 0.1) is 12.7 Å². The number of thioether (sulfide) groups is 1. The quantitative estimate of drug-likeness (QED) is 0.560. The van der Waals surface area contributed by atoms with Crippen molar-refractivity contribution in [3.63, 3.8) is 0 Å². The van der Waals surface area contributed by atoms with E-state index in [0.29, 0.717) is 28.0 Å². The van der Waals surface area contributed by atoms with Gasteiger partial charge in [-0.1, -0.05) is 29.4 Å². The molecule has 5 nitrogen and oxygen atoms in total. The molecule has 28 heavy (non-hydrogen) atoms. The lowest BCUT2D eigenvalue weighted by molar-refractivity contribution is -0.115. The van der Waals surface area contributed by atoms with Gasteiger partial charge in [0, 0.05) is 22.8 Å². The highest BCUT2D eigenvalue weighted by atomic mass is 35.5. The Hall–Kier alpha value is -2.38. The Kier molecular flexibility index (Phi) is 6.36. The maximum absolute atomic E-state index is 13.7. The third-order valence-electron chi connectivity index (χ3n) is 4.23. The van der Waals surface area contributed by atoms with Crippen molar-refractivity contribution in [1.82, 2.24) is 14.8 Å². The lowest BCUT2D eigenvalue weighted by atomic mass is 10.2. The van der Waals surface area contributed by atoms with Gasteiger partial charge in [0.05, 0.1) is 5.25 Å². The number of carbonyl (C=O) groups is 1. The van der Waals surface area contributed by atoms with Gasteiger partial charge in [0.15, 0.2) is 11.0 Å². The first-order valence-electron chi connectivity index (χ1n) is 8.82. The minimum Gasteiger partial charge on any atom is -0.325 e. The number of aromatic nitrogens is 3. The van der Waals surface area contributed by atoms with Crippen LogP contribution in [-0.4, -0.2) is 25.9 Å². The molecule has 1 aromatic heterocycles. The van der Waals surface area contributed by atoms with Crippen LogP contribution in [-0.2, 0) is 11.3 Å². The molecule has 1 amide bonds. The van der Waals surface area contributed by atoms with Crippen LogP contribution in [0.1, 0.15) is 19.4 Å². The molecule has 0 saturated carbocycles. The summed E-state index contributed by atoms with van der Waals surface area (Å²) in [6.07, 6.45) is 0. The lowest BCUT2D eigenvalue weighted by Crippen LogP contribution is -2.23. The summed E-state index contributed by atoms with van der Waals surface area (Å²) in [6.45, 7) is 6.11. The molecule has 1 unspecified atom stereocenters. The fraction of sp³-hybridized carbons (Fsp3) is 0.250. The number of nitrogens with one attached hydrogen (secondary N) is 1. The van der Waals surface area contributed by atoms with Gasteiger partial charge in [-0.25, -0.2) is 4.39 Å². The second-order valence-electron chi connectivity index (χ2n) is 6.27. The minimum atomic E-state index is -0.433. The van der Waals surface area contributed by atoms with Crippen molar-refractivity contribution >= 4 is 35.0 Å². The summed E-state index contributed by atoms with van der Waals surface area (Å²) in [6, 6.07) is 12.0. The molecule has 0 aliphatic rings. The van der Waals surface area contributed by atoms with E-state index in [2.05, 4.69) is 15.5 Å². The molecular weight excluding hydrogens is 399 g/mol. The molecule has 0 radical (unpaired) electrons. The number of nitrogens with zero attached hydrogens (tertiary/aromatic N) is 3. The fourth-order valence-corrected chi connectivity index (χ4v) is 3.64. The topological polar surface area (TPSA) is 59.8 Å². The molecular formula is C20H20ClFN4OS. The molecule has 0 aliphatic heterocycles. The predicted octanol–water partition coefficient (Wildman–Crippen LogP) is 5.19. The predicted molar refractivity (Wildman–Crippen MR) is 111 cm³/mol. The van der Waals surface area contributed by atoms with E-state index in [4.69, 9.17) is 11.6 Å². The highest BCUT2D eigenvalue weighted by molar-refractivity contribution is 8.00. The normalized spacial score (nSPS) is 12.0. The number of carbonyl (C=O) groups excluding carboxylic acids is 1. The maximum Gasteiger partial charge on any atom is 0.237 e. The first-order valence-corrected chi connectivity index (χ1v) is 10.1. The van der Waals surface area contributed by atoms with Crippen LogP contribution in [0.15, 0.2) is 47.6 Å². The highest BCUT2D eigenvalue weighted by Crippen LogP contribution is 2.28. The van der Waals surface area contributed by atoms with Crippen molar-refractivity contribution in [2.24, 2.45) is 0 Å². The van der Waals surface area contributed by atoms with Gasteiger partial charge in [0.1, 0.15) is 5.82 Å². The number of hydrogen-bond acceptors (Lipinski definition) is 4. The summed E-state index contributed by atoms with van der Waals surface area (Å²) in [5, 5.41) is 12.1. The summed E-state index contributed by atoms with van der Waals surface area (Å²) >= 11 is 7.26. The zero-order chi connectivity index (χ0) is 20.3. The van der Waals surface area contributed by atoms with Crippen LogP contribution < -0.4 is 5.32 Å². The van der Waals surface area contributed by atoms with Gasteiger partial charge in [0.25, 0.3) is 0 Å². The van der Waals surface area contributed by atoms with Crippen LogP contribution in [0.5, 0.6) is 0 Å². The van der Waals surface area contributed by atoms with E-state index < -0.39 is 5.25 Å². The second kappa shape index (κ2) is 8.75. The smallest absolute Gasteiger partial charge is 0.237 e. The molecule has 0 spiro atoms. The molecule has 0 fully saturated rings. The van der Waals surface area contributed by atoms with Crippen LogP contribution in [0.25, 0.3) is 11.4 Å². The van der Waals surface area contributed by atoms with E-state index in [-0.39, 0.29) is 11.7 Å². The number of hydrogen-bond donors (Lipinski definition) is 1. The van der Waals surface area contributed by atoms with Crippen LogP contribution in [0.2, 0.25) is 5.02 Å². The summed E-state index contributed by atoms with van der Waals surface area (Å²) in [5.74, 6) is 0.137. The van der Waals surface area contributed by atoms with Crippen molar-refractivity contribution in [2.45, 2.75) is 37.7 Å². The first kappa shape index (κ1) is 20.4. The molecule has 0 saturated heterocycles. The largest absolute Gasteiger partial charge is 0.325 e. The van der Waals surface area contributed by atoms with Crippen molar-refractivity contribution < 1.29 is 9.18 Å². The molecule has 2 aromatic carbocycles. The molecule has 146 valence electrons. The van der Waals surface area contributed by atoms with E-state index in [1.807, 2.05) is 23.6 Å². The number of rotatable bonds is 6. The lowest BCUT2D eigenvalue weighted by Gasteiger charge is -2.13. The van der Waals surface area contributed by atoms with Crippen LogP contribution in [0.4, 0.5) is 10.1 Å². The zero-order valence-corrected chi connectivity index (χ0v) is 17.3. The van der Waals surface area contributed by atoms with E-state index in [0.717, 1.165) is 11.4 Å². The summed E-state index contributed by atoms with van der Waals surface area (Å²) in [4.78, 5) is 12.5. The average Bonchev–Trinajstić information content (AvgIpc) is 3.07. The van der Waals surface area contributed by atoms with Gasteiger partial charge in [-0.05, 0) is 62.7 Å². The van der Waals surface area contributed by atoms with E-state index in [1.165, 1.54) is 17.8 Å². The monoisotopic (exact) mass is 418 g/mol. The Labute approximate surface area is 172 Å². The van der Waals surface area contributed by atoms with Gasteiger partial charge >= 0.3 is 0 Å². The number of benzene rings is 2. The molecule has 1 heterocycles. The van der Waals surface area contributed by atoms with Crippen molar-refractivity contribution in [3.05, 3.63) is 58.9 Å². The van der Waals surface area contributed by atoms with Crippen molar-refractivity contribution in [1.29, 1.82) is 0 Å². The Morgan fingerprint density at radius 1 is 1.25 bits per heavy atom. The summed E-state index contributed by atoms with van der Waals surface area (Å²) < 4.78 is 15.6. The Bertz CT molecular complexity index is 990. The maximum atomic E-state index is 13.7. The first-order chi connectivity index (χ1) is 13.4. The summed E-state index contributed by atoms with van der Waals surface area (Å²) in [7, 11) is 0. The molecule has 3 rings (SSSR count). The fourth-order valence-electron chi connectivity index (χ4n) is 2.60. The van der Waals surface area contributed by atoms with E-state index in [9.17, 15) is 9.18 Å². The number of aryl methyl sites for hydroxylation is 1. The van der Waals surface area contributed by atoms with Crippen LogP contribution >= 0.6 is 23.4 Å². The van der Waals surface area contributed by atoms with Gasteiger partial charge in [-0.2, -0.15) is 0 Å². The molecule has 0 aliphatic carbocycles. The SMILES string of the molecule is CCn1c(SC(C)C(=O)Nc2ccc(C)c(F)c2)nnc1-c1ccc(Cl)cc1. The average molecular weight is 419 g/mol. The molecule has 1 N–H and O–H groups in total. The number of halogens is 2. The Morgan fingerprint density at radius 3 is 2.61 bits per heavy atom. The summed E-state index contributed by atoms with van der Waals surface area (Å²) in [5.41, 5.74) is 1.86. The molecule has 0 bridgehead atoms. The second-order valence-corrected chi connectivity index (χ2v) is 8.02. The molecule has 1 atom stereocenters. The van der Waals surface area contributed by atoms with Gasteiger partial charge < -0.3 is 9.88 Å². The third-order valence-corrected chi connectivity index (χ3v) is 5.56. The Balaban J connectivity index is 1.74. The van der Waals surface area contributed by atoms with Crippen molar-refractivity contribution in [3.8, 4) is 11.4 Å². The minimum absolute atomic E-state index is 0.230. The highest BCUT2D eigenvalue weighted by Gasteiger charge is 2.20. The number of anilines is 1. The standard InChI is InChI=1S/C20H20ClFN4OS/c1-4-26-18(14-6-8-15(21)9-7-14)24-25-20(26)28-13(3)19(27)23-16-10-5-12(2)17(22)11-16/h5-11,13H,4H2,1-3H3,(H,23,27). The van der Waals surface area contributed by atoms with E-state index in [1.54, 1.807) is 38.1 Å². The molecule has 8 heteroatoms. The molecule has 3 aromatic rings. The van der Waals surface area contributed by atoms with Gasteiger partial charge in [0.2, 0.25) is 5.91 Å². The Morgan fingerprint density at radius 2 is 1.96 bits per heavy atom. The van der Waals surface area contributed by atoms with Gasteiger partial charge in [-0.15, -0.1) is 10.2 Å². The third kappa shape index (κ3) is 4.54. The van der Waals surface area contributed by atoms with Crippen molar-refractivity contribution in [2.75, 3.05) is 5.32 Å².